The Morgan fingerprint density at radius 3 is 2.66 bits per heavy atom. The van der Waals surface area contributed by atoms with Crippen LogP contribution in [-0.2, 0) is 4.79 Å². The average Bonchev–Trinajstić information content (AvgIpc) is 3.44. The van der Waals surface area contributed by atoms with Gasteiger partial charge >= 0.3 is 5.97 Å². The summed E-state index contributed by atoms with van der Waals surface area (Å²) in [5, 5.41) is 12.3. The molecule has 1 amide bonds. The molecule has 2 N–H and O–H groups in total. The van der Waals surface area contributed by atoms with Gasteiger partial charge in [-0.05, 0) is 42.0 Å². The molecule has 1 aromatic heterocycles. The van der Waals surface area contributed by atoms with Crippen LogP contribution in [0.5, 0.6) is 11.5 Å². The number of anilines is 1. The van der Waals surface area contributed by atoms with Gasteiger partial charge in [0.1, 0.15) is 0 Å². The number of carboxylic acids is 1. The Labute approximate surface area is 183 Å². The minimum absolute atomic E-state index is 0.0714. The third kappa shape index (κ3) is 3.74. The zero-order valence-corrected chi connectivity index (χ0v) is 16.9. The number of aliphatic carboxylic acids is 1. The lowest BCUT2D eigenvalue weighted by atomic mass is 10.0. The van der Waals surface area contributed by atoms with E-state index in [9.17, 15) is 14.7 Å². The van der Waals surface area contributed by atoms with Gasteiger partial charge in [-0.3, -0.25) is 9.59 Å². The van der Waals surface area contributed by atoms with Crippen molar-refractivity contribution in [3.05, 3.63) is 84.2 Å². The zero-order valence-electron chi connectivity index (χ0n) is 16.9. The van der Waals surface area contributed by atoms with Gasteiger partial charge in [-0.25, -0.2) is 4.98 Å². The minimum atomic E-state index is -0.895. The number of aromatic nitrogens is 2. The van der Waals surface area contributed by atoms with Crippen molar-refractivity contribution < 1.29 is 24.2 Å². The Morgan fingerprint density at radius 2 is 1.84 bits per heavy atom. The van der Waals surface area contributed by atoms with Crippen LogP contribution in [0, 0.1) is 0 Å². The van der Waals surface area contributed by atoms with Gasteiger partial charge in [0.15, 0.2) is 11.5 Å². The summed E-state index contributed by atoms with van der Waals surface area (Å²) in [5.41, 5.74) is 3.35. The van der Waals surface area contributed by atoms with E-state index in [1.165, 1.54) is 0 Å². The van der Waals surface area contributed by atoms with Crippen molar-refractivity contribution in [1.29, 1.82) is 0 Å². The maximum atomic E-state index is 12.7. The van der Waals surface area contributed by atoms with Crippen LogP contribution in [-0.4, -0.2) is 33.3 Å². The van der Waals surface area contributed by atoms with Gasteiger partial charge in [-0.2, -0.15) is 0 Å². The summed E-state index contributed by atoms with van der Waals surface area (Å²) in [5.74, 6) is -0.0245. The van der Waals surface area contributed by atoms with Crippen molar-refractivity contribution in [1.82, 2.24) is 9.55 Å². The molecule has 3 aromatic carbocycles. The van der Waals surface area contributed by atoms with Crippen LogP contribution < -0.4 is 14.8 Å². The molecule has 160 valence electrons. The molecule has 1 unspecified atom stereocenters. The molecule has 4 aromatic rings. The van der Waals surface area contributed by atoms with Crippen LogP contribution in [0.2, 0.25) is 0 Å². The zero-order chi connectivity index (χ0) is 22.1. The first-order chi connectivity index (χ1) is 15.6. The molecule has 8 heteroatoms. The Hall–Kier alpha value is -4.33. The standard InChI is InChI=1S/C24H19N3O5/c28-23(29)12-20(15-4-2-1-3-5-15)27-13-25-18-11-17(7-8-19(18)27)26-24(30)16-6-9-21-22(10-16)32-14-31-21/h1-11,13,20H,12,14H2,(H,26,30)(H,28,29). The molecule has 0 aliphatic carbocycles. The third-order valence-corrected chi connectivity index (χ3v) is 5.36. The molecule has 0 saturated heterocycles. The number of imidazole rings is 1. The first-order valence-corrected chi connectivity index (χ1v) is 10.0. The smallest absolute Gasteiger partial charge is 0.305 e. The Bertz CT molecular complexity index is 1320. The number of carbonyl (C=O) groups is 2. The Balaban J connectivity index is 1.42. The highest BCUT2D eigenvalue weighted by molar-refractivity contribution is 6.05. The molecule has 0 radical (unpaired) electrons. The highest BCUT2D eigenvalue weighted by atomic mass is 16.7. The number of carboxylic acid groups (broad SMARTS) is 1. The van der Waals surface area contributed by atoms with E-state index in [2.05, 4.69) is 10.3 Å². The quantitative estimate of drug-likeness (QED) is 0.479. The molecular formula is C24H19N3O5. The van der Waals surface area contributed by atoms with Crippen molar-refractivity contribution in [2.24, 2.45) is 0 Å². The lowest BCUT2D eigenvalue weighted by molar-refractivity contribution is -0.137. The minimum Gasteiger partial charge on any atom is -0.481 e. The highest BCUT2D eigenvalue weighted by Gasteiger charge is 2.20. The van der Waals surface area contributed by atoms with E-state index in [1.54, 1.807) is 36.7 Å². The van der Waals surface area contributed by atoms with E-state index < -0.39 is 12.0 Å². The monoisotopic (exact) mass is 429 g/mol. The van der Waals surface area contributed by atoms with Crippen LogP contribution in [0.1, 0.15) is 28.4 Å². The molecular weight excluding hydrogens is 410 g/mol. The lowest BCUT2D eigenvalue weighted by Crippen LogP contribution is -2.14. The average molecular weight is 429 g/mol. The first kappa shape index (κ1) is 19.6. The Morgan fingerprint density at radius 1 is 1.03 bits per heavy atom. The number of rotatable bonds is 6. The van der Waals surface area contributed by atoms with Gasteiger partial charge in [0.25, 0.3) is 5.91 Å². The predicted octanol–water partition coefficient (Wildman–Crippen LogP) is 4.08. The fraction of sp³-hybridized carbons (Fsp3) is 0.125. The number of ether oxygens (including phenoxy) is 2. The number of hydrogen-bond acceptors (Lipinski definition) is 5. The van der Waals surface area contributed by atoms with Gasteiger partial charge in [0.2, 0.25) is 6.79 Å². The normalized spacial score (nSPS) is 13.1. The molecule has 2 heterocycles. The second-order valence-corrected chi connectivity index (χ2v) is 7.40. The van der Waals surface area contributed by atoms with Crippen LogP contribution in [0.3, 0.4) is 0 Å². The van der Waals surface area contributed by atoms with E-state index in [0.29, 0.717) is 28.3 Å². The summed E-state index contributed by atoms with van der Waals surface area (Å²) in [6.45, 7) is 0.144. The van der Waals surface area contributed by atoms with E-state index in [1.807, 2.05) is 41.0 Å². The van der Waals surface area contributed by atoms with Crippen molar-refractivity contribution in [3.8, 4) is 11.5 Å². The van der Waals surface area contributed by atoms with Gasteiger partial charge in [0.05, 0.1) is 29.8 Å². The van der Waals surface area contributed by atoms with Gasteiger partial charge in [-0.1, -0.05) is 30.3 Å². The molecule has 32 heavy (non-hydrogen) atoms. The second kappa shape index (κ2) is 8.07. The largest absolute Gasteiger partial charge is 0.481 e. The molecule has 1 atom stereocenters. The Kier molecular flexibility index (Phi) is 4.95. The van der Waals surface area contributed by atoms with Gasteiger partial charge in [0, 0.05) is 11.3 Å². The van der Waals surface area contributed by atoms with Crippen LogP contribution in [0.4, 0.5) is 5.69 Å². The van der Waals surface area contributed by atoms with Crippen molar-refractivity contribution in [2.45, 2.75) is 12.5 Å². The van der Waals surface area contributed by atoms with Crippen LogP contribution in [0.15, 0.2) is 73.1 Å². The summed E-state index contributed by atoms with van der Waals surface area (Å²) < 4.78 is 12.5. The maximum Gasteiger partial charge on any atom is 0.305 e. The maximum absolute atomic E-state index is 12.7. The fourth-order valence-electron chi connectivity index (χ4n) is 3.82. The molecule has 1 aliphatic rings. The lowest BCUT2D eigenvalue weighted by Gasteiger charge is -2.18. The van der Waals surface area contributed by atoms with E-state index in [4.69, 9.17) is 9.47 Å². The fourth-order valence-corrected chi connectivity index (χ4v) is 3.82. The number of carbonyl (C=O) groups excluding carboxylic acids is 1. The van der Waals surface area contributed by atoms with Gasteiger partial charge < -0.3 is 24.5 Å². The van der Waals surface area contributed by atoms with Crippen molar-refractivity contribution in [2.75, 3.05) is 12.1 Å². The number of benzene rings is 3. The van der Waals surface area contributed by atoms with E-state index >= 15 is 0 Å². The number of nitrogens with zero attached hydrogens (tertiary/aromatic N) is 2. The highest BCUT2D eigenvalue weighted by Crippen LogP contribution is 2.33. The molecule has 1 aliphatic heterocycles. The summed E-state index contributed by atoms with van der Waals surface area (Å²) in [7, 11) is 0. The third-order valence-electron chi connectivity index (χ3n) is 5.36. The predicted molar refractivity (Wildman–Crippen MR) is 117 cm³/mol. The molecule has 5 rings (SSSR count). The number of amides is 1. The SMILES string of the molecule is O=C(O)CC(c1ccccc1)n1cnc2cc(NC(=O)c3ccc4c(c3)OCO4)ccc21. The van der Waals surface area contributed by atoms with Gasteiger partial charge in [-0.15, -0.1) is 0 Å². The molecule has 0 saturated carbocycles. The summed E-state index contributed by atoms with van der Waals surface area (Å²) in [6, 6.07) is 19.4. The van der Waals surface area contributed by atoms with E-state index in [-0.39, 0.29) is 19.1 Å². The number of hydrogen-bond donors (Lipinski definition) is 2. The van der Waals surface area contributed by atoms with Crippen LogP contribution in [0.25, 0.3) is 11.0 Å². The number of fused-ring (bicyclic) bond motifs is 2. The molecule has 0 fully saturated rings. The number of nitrogens with one attached hydrogen (secondary N) is 1. The topological polar surface area (TPSA) is 103 Å². The molecule has 0 spiro atoms. The molecule has 0 bridgehead atoms. The molecule has 8 nitrogen and oxygen atoms in total. The summed E-state index contributed by atoms with van der Waals surface area (Å²) in [4.78, 5) is 28.6. The summed E-state index contributed by atoms with van der Waals surface area (Å²) >= 11 is 0. The van der Waals surface area contributed by atoms with Crippen molar-refractivity contribution >= 4 is 28.6 Å². The second-order valence-electron chi connectivity index (χ2n) is 7.40. The van der Waals surface area contributed by atoms with E-state index in [0.717, 1.165) is 11.1 Å². The van der Waals surface area contributed by atoms with Crippen LogP contribution >= 0.6 is 0 Å². The first-order valence-electron chi connectivity index (χ1n) is 10.0. The van der Waals surface area contributed by atoms with Crippen molar-refractivity contribution in [3.63, 3.8) is 0 Å². The summed E-state index contributed by atoms with van der Waals surface area (Å²) in [6.07, 6.45) is 1.56.